The number of aromatic nitrogens is 2. The van der Waals surface area contributed by atoms with Crippen molar-refractivity contribution in [1.82, 2.24) is 15.3 Å². The third-order valence-electron chi connectivity index (χ3n) is 5.35. The number of thioether (sulfide) groups is 1. The number of carbonyl (C=O) groups excluding carboxylic acids is 1. The van der Waals surface area contributed by atoms with Crippen molar-refractivity contribution in [2.24, 2.45) is 0 Å². The molecule has 2 heterocycles. The average molecular weight is 417 g/mol. The number of rotatable bonds is 8. The first-order valence-corrected chi connectivity index (χ1v) is 11.6. The van der Waals surface area contributed by atoms with Gasteiger partial charge in [-0.25, -0.2) is 9.97 Å². The number of hydrogen-bond donors (Lipinski definition) is 1. The van der Waals surface area contributed by atoms with Gasteiger partial charge in [0.05, 0.1) is 5.75 Å². The highest BCUT2D eigenvalue weighted by molar-refractivity contribution is 7.98. The van der Waals surface area contributed by atoms with Crippen molar-refractivity contribution in [3.8, 4) is 0 Å². The molecule has 7 heteroatoms. The highest BCUT2D eigenvalue weighted by Gasteiger charge is 2.21. The molecule has 0 aromatic carbocycles. The fourth-order valence-electron chi connectivity index (χ4n) is 3.59. The van der Waals surface area contributed by atoms with Crippen LogP contribution in [0.25, 0.3) is 0 Å². The van der Waals surface area contributed by atoms with Gasteiger partial charge in [-0.2, -0.15) is 0 Å². The van der Waals surface area contributed by atoms with Crippen LogP contribution in [0.5, 0.6) is 0 Å². The standard InChI is InChI=1S/C22H32N4O2S/c1-5-23-21(27)19-12-11-17(28-19)14-29-22-24-18(15(2)3)13-20(25-22)26(4)16-9-7-6-8-10-16/h11-13,15-16H,5-10,14H2,1-4H3,(H,23,27). The van der Waals surface area contributed by atoms with Gasteiger partial charge in [-0.1, -0.05) is 44.9 Å². The molecule has 0 saturated heterocycles. The molecule has 2 aromatic rings. The molecule has 1 aliphatic rings. The van der Waals surface area contributed by atoms with Gasteiger partial charge in [-0.15, -0.1) is 0 Å². The van der Waals surface area contributed by atoms with Gasteiger partial charge >= 0.3 is 0 Å². The van der Waals surface area contributed by atoms with E-state index < -0.39 is 0 Å². The molecule has 3 rings (SSSR count). The van der Waals surface area contributed by atoms with E-state index in [0.29, 0.717) is 30.0 Å². The van der Waals surface area contributed by atoms with Crippen molar-refractivity contribution < 1.29 is 9.21 Å². The Labute approximate surface area is 177 Å². The van der Waals surface area contributed by atoms with Crippen molar-refractivity contribution >= 4 is 23.5 Å². The zero-order valence-corrected chi connectivity index (χ0v) is 18.7. The van der Waals surface area contributed by atoms with E-state index in [-0.39, 0.29) is 5.91 Å². The Balaban J connectivity index is 1.73. The first kappa shape index (κ1) is 21.7. The molecule has 0 spiro atoms. The van der Waals surface area contributed by atoms with Crippen LogP contribution in [0.2, 0.25) is 0 Å². The van der Waals surface area contributed by atoms with Gasteiger partial charge in [-0.3, -0.25) is 4.79 Å². The lowest BCUT2D eigenvalue weighted by molar-refractivity contribution is 0.0927. The van der Waals surface area contributed by atoms with Crippen LogP contribution >= 0.6 is 11.8 Å². The predicted molar refractivity (Wildman–Crippen MR) is 118 cm³/mol. The van der Waals surface area contributed by atoms with E-state index in [1.165, 1.54) is 32.1 Å². The molecule has 29 heavy (non-hydrogen) atoms. The van der Waals surface area contributed by atoms with E-state index >= 15 is 0 Å². The van der Waals surface area contributed by atoms with E-state index in [4.69, 9.17) is 14.4 Å². The lowest BCUT2D eigenvalue weighted by Gasteiger charge is -2.32. The van der Waals surface area contributed by atoms with Crippen LogP contribution in [0.4, 0.5) is 5.82 Å². The Morgan fingerprint density at radius 3 is 2.72 bits per heavy atom. The summed E-state index contributed by atoms with van der Waals surface area (Å²) in [6.45, 7) is 6.79. The number of carbonyl (C=O) groups is 1. The molecule has 1 saturated carbocycles. The summed E-state index contributed by atoms with van der Waals surface area (Å²) in [6, 6.07) is 6.25. The van der Waals surface area contributed by atoms with Crippen molar-refractivity contribution in [2.75, 3.05) is 18.5 Å². The van der Waals surface area contributed by atoms with Gasteiger partial charge in [0, 0.05) is 31.4 Å². The molecule has 1 aliphatic carbocycles. The minimum atomic E-state index is -0.182. The predicted octanol–water partition coefficient (Wildman–Crippen LogP) is 5.00. The van der Waals surface area contributed by atoms with Crippen molar-refractivity contribution in [1.29, 1.82) is 0 Å². The highest BCUT2D eigenvalue weighted by Crippen LogP contribution is 2.29. The van der Waals surface area contributed by atoms with Gasteiger partial charge in [0.15, 0.2) is 10.9 Å². The van der Waals surface area contributed by atoms with Crippen LogP contribution < -0.4 is 10.2 Å². The van der Waals surface area contributed by atoms with Gasteiger partial charge in [0.1, 0.15) is 11.6 Å². The van der Waals surface area contributed by atoms with E-state index in [9.17, 15) is 4.79 Å². The molecule has 0 radical (unpaired) electrons. The summed E-state index contributed by atoms with van der Waals surface area (Å²) in [5.41, 5.74) is 1.06. The van der Waals surface area contributed by atoms with E-state index in [1.54, 1.807) is 17.8 Å². The fraction of sp³-hybridized carbons (Fsp3) is 0.591. The SMILES string of the molecule is CCNC(=O)c1ccc(CSc2nc(C(C)C)cc(N(C)C3CCCCC3)n2)o1. The maximum Gasteiger partial charge on any atom is 0.286 e. The molecule has 0 aliphatic heterocycles. The van der Waals surface area contributed by atoms with E-state index in [2.05, 4.69) is 37.2 Å². The van der Waals surface area contributed by atoms with Gasteiger partial charge in [0.2, 0.25) is 0 Å². The lowest BCUT2D eigenvalue weighted by Crippen LogP contribution is -2.34. The highest BCUT2D eigenvalue weighted by atomic mass is 32.2. The average Bonchev–Trinajstić information content (AvgIpc) is 3.21. The van der Waals surface area contributed by atoms with Crippen LogP contribution in [-0.4, -0.2) is 35.5 Å². The Morgan fingerprint density at radius 1 is 1.28 bits per heavy atom. The summed E-state index contributed by atoms with van der Waals surface area (Å²) in [6.07, 6.45) is 6.40. The number of furan rings is 1. The first-order chi connectivity index (χ1) is 14.0. The maximum atomic E-state index is 11.9. The second-order valence-corrected chi connectivity index (χ2v) is 8.85. The third kappa shape index (κ3) is 5.75. The Bertz CT molecular complexity index is 815. The summed E-state index contributed by atoms with van der Waals surface area (Å²) in [5, 5.41) is 3.50. The number of hydrogen-bond acceptors (Lipinski definition) is 6. The maximum absolute atomic E-state index is 11.9. The van der Waals surface area contributed by atoms with Crippen LogP contribution in [0.15, 0.2) is 27.8 Å². The number of amides is 1. The quantitative estimate of drug-likeness (QED) is 0.482. The molecule has 0 bridgehead atoms. The molecule has 2 aromatic heterocycles. The zero-order valence-electron chi connectivity index (χ0n) is 17.9. The van der Waals surface area contributed by atoms with Gasteiger partial charge < -0.3 is 14.6 Å². The molecule has 0 atom stereocenters. The van der Waals surface area contributed by atoms with Crippen molar-refractivity contribution in [3.63, 3.8) is 0 Å². The molecular formula is C22H32N4O2S. The normalized spacial score (nSPS) is 14.9. The second kappa shape index (κ2) is 10.1. The second-order valence-electron chi connectivity index (χ2n) is 7.91. The third-order valence-corrected chi connectivity index (χ3v) is 6.22. The van der Waals surface area contributed by atoms with Crippen molar-refractivity contribution in [3.05, 3.63) is 35.4 Å². The Kier molecular flexibility index (Phi) is 7.58. The van der Waals surface area contributed by atoms with Crippen LogP contribution in [0, 0.1) is 0 Å². The topological polar surface area (TPSA) is 71.3 Å². The Morgan fingerprint density at radius 2 is 2.03 bits per heavy atom. The zero-order chi connectivity index (χ0) is 20.8. The summed E-state index contributed by atoms with van der Waals surface area (Å²) in [5.74, 6) is 2.84. The number of anilines is 1. The summed E-state index contributed by atoms with van der Waals surface area (Å²) >= 11 is 1.55. The van der Waals surface area contributed by atoms with Crippen molar-refractivity contribution in [2.45, 2.75) is 75.7 Å². The number of nitrogens with one attached hydrogen (secondary N) is 1. The largest absolute Gasteiger partial charge is 0.455 e. The van der Waals surface area contributed by atoms with Crippen LogP contribution in [0.1, 0.15) is 80.8 Å². The molecule has 6 nitrogen and oxygen atoms in total. The monoisotopic (exact) mass is 416 g/mol. The fourth-order valence-corrected chi connectivity index (χ4v) is 4.34. The van der Waals surface area contributed by atoms with E-state index in [0.717, 1.165) is 22.4 Å². The summed E-state index contributed by atoms with van der Waals surface area (Å²) in [7, 11) is 2.15. The number of nitrogens with zero attached hydrogens (tertiary/aromatic N) is 3. The minimum Gasteiger partial charge on any atom is -0.455 e. The van der Waals surface area contributed by atoms with Gasteiger partial charge in [0.25, 0.3) is 5.91 Å². The lowest BCUT2D eigenvalue weighted by atomic mass is 9.94. The summed E-state index contributed by atoms with van der Waals surface area (Å²) in [4.78, 5) is 23.8. The molecule has 1 amide bonds. The van der Waals surface area contributed by atoms with Gasteiger partial charge in [-0.05, 0) is 37.8 Å². The molecule has 158 valence electrons. The van der Waals surface area contributed by atoms with E-state index in [1.807, 2.05) is 13.0 Å². The molecule has 0 unspecified atom stereocenters. The first-order valence-electron chi connectivity index (χ1n) is 10.6. The summed E-state index contributed by atoms with van der Waals surface area (Å²) < 4.78 is 5.67. The molecular weight excluding hydrogens is 384 g/mol. The smallest absolute Gasteiger partial charge is 0.286 e. The molecule has 1 N–H and O–H groups in total. The molecule has 1 fully saturated rings. The minimum absolute atomic E-state index is 0.182. The van der Waals surface area contributed by atoms with Crippen LogP contribution in [0.3, 0.4) is 0 Å². The Hall–Kier alpha value is -2.02. The van der Waals surface area contributed by atoms with Crippen LogP contribution in [-0.2, 0) is 5.75 Å².